The molecule has 0 amide bonds. The molecule has 8 nitrogen and oxygen atoms in total. The van der Waals surface area contributed by atoms with Crippen LogP contribution in [0.5, 0.6) is 0 Å². The molecular weight excluding hydrogens is 402 g/mol. The van der Waals surface area contributed by atoms with E-state index in [1.807, 2.05) is 24.4 Å². The average Bonchev–Trinajstić information content (AvgIpc) is 3.32. The molecule has 0 unspecified atom stereocenters. The molecule has 2 aliphatic rings. The highest BCUT2D eigenvalue weighted by Gasteiger charge is 2.46. The number of sulfone groups is 1. The van der Waals surface area contributed by atoms with Crippen molar-refractivity contribution >= 4 is 26.7 Å². The van der Waals surface area contributed by atoms with Crippen molar-refractivity contribution in [2.24, 2.45) is 0 Å². The molecule has 1 N–H and O–H groups in total. The van der Waals surface area contributed by atoms with Gasteiger partial charge in [-0.15, -0.1) is 0 Å². The normalized spacial score (nSPS) is 26.3. The molecule has 5 heterocycles. The number of pyridine rings is 1. The van der Waals surface area contributed by atoms with Crippen LogP contribution in [0.4, 0.5) is 5.82 Å². The van der Waals surface area contributed by atoms with E-state index in [1.165, 1.54) is 0 Å². The molecule has 3 aromatic rings. The van der Waals surface area contributed by atoms with Crippen molar-refractivity contribution < 1.29 is 13.2 Å². The van der Waals surface area contributed by atoms with Gasteiger partial charge in [0.2, 0.25) is 0 Å². The number of aromatic amines is 1. The van der Waals surface area contributed by atoms with E-state index in [9.17, 15) is 8.42 Å². The highest BCUT2D eigenvalue weighted by atomic mass is 32.2. The molecule has 9 heteroatoms. The molecule has 5 rings (SSSR count). The second-order valence-electron chi connectivity index (χ2n) is 8.30. The lowest BCUT2D eigenvalue weighted by molar-refractivity contribution is 0.0985. The minimum Gasteiger partial charge on any atom is -0.377 e. The third-order valence-corrected chi connectivity index (χ3v) is 8.98. The van der Waals surface area contributed by atoms with Gasteiger partial charge in [-0.2, -0.15) is 0 Å². The van der Waals surface area contributed by atoms with Crippen molar-refractivity contribution in [2.45, 2.75) is 37.5 Å². The largest absolute Gasteiger partial charge is 0.377 e. The van der Waals surface area contributed by atoms with Crippen molar-refractivity contribution in [3.8, 4) is 11.4 Å². The predicted molar refractivity (Wildman–Crippen MR) is 115 cm³/mol. The maximum absolute atomic E-state index is 12.9. The second-order valence-corrected chi connectivity index (χ2v) is 10.8. The molecule has 2 aliphatic heterocycles. The van der Waals surface area contributed by atoms with E-state index in [2.05, 4.69) is 21.8 Å². The van der Waals surface area contributed by atoms with Gasteiger partial charge < -0.3 is 14.6 Å². The third-order valence-electron chi connectivity index (χ3n) is 6.37. The lowest BCUT2D eigenvalue weighted by Gasteiger charge is -2.35. The highest BCUT2D eigenvalue weighted by Crippen LogP contribution is 2.42. The van der Waals surface area contributed by atoms with Crippen LogP contribution in [-0.2, 0) is 19.3 Å². The second kappa shape index (κ2) is 7.02. The molecule has 0 radical (unpaired) electrons. The number of aromatic nitrogens is 4. The van der Waals surface area contributed by atoms with E-state index < -0.39 is 14.6 Å². The number of hydrogen-bond donors (Lipinski definition) is 1. The van der Waals surface area contributed by atoms with Crippen LogP contribution in [0.1, 0.15) is 32.4 Å². The van der Waals surface area contributed by atoms with Crippen molar-refractivity contribution in [3.63, 3.8) is 0 Å². The van der Waals surface area contributed by atoms with E-state index in [0.29, 0.717) is 44.1 Å². The summed E-state index contributed by atoms with van der Waals surface area (Å²) < 4.78 is 30.5. The van der Waals surface area contributed by atoms with Gasteiger partial charge in [-0.3, -0.25) is 0 Å². The predicted octanol–water partition coefficient (Wildman–Crippen LogP) is 2.67. The number of anilines is 1. The zero-order valence-electron chi connectivity index (χ0n) is 17.1. The van der Waals surface area contributed by atoms with Gasteiger partial charge in [0.05, 0.1) is 30.7 Å². The minimum absolute atomic E-state index is 0.145. The molecule has 2 atom stereocenters. The Bertz CT molecular complexity index is 1210. The third kappa shape index (κ3) is 2.99. The summed E-state index contributed by atoms with van der Waals surface area (Å²) in [4.78, 5) is 19.3. The number of rotatable bonds is 3. The van der Waals surface area contributed by atoms with Gasteiger partial charge in [0.15, 0.2) is 15.7 Å². The Morgan fingerprint density at radius 3 is 2.93 bits per heavy atom. The molecule has 2 fully saturated rings. The summed E-state index contributed by atoms with van der Waals surface area (Å²) in [7, 11) is -3.28. The summed E-state index contributed by atoms with van der Waals surface area (Å²) in [6.07, 6.45) is 4.77. The van der Waals surface area contributed by atoms with Crippen LogP contribution in [0.25, 0.3) is 22.4 Å². The van der Waals surface area contributed by atoms with Crippen molar-refractivity contribution in [3.05, 3.63) is 36.3 Å². The van der Waals surface area contributed by atoms with Crippen LogP contribution >= 0.6 is 0 Å². The van der Waals surface area contributed by atoms with E-state index in [1.54, 1.807) is 13.1 Å². The van der Waals surface area contributed by atoms with E-state index in [4.69, 9.17) is 14.7 Å². The van der Waals surface area contributed by atoms with E-state index in [-0.39, 0.29) is 11.8 Å². The lowest BCUT2D eigenvalue weighted by atomic mass is 10.0. The molecule has 0 spiro atoms. The summed E-state index contributed by atoms with van der Waals surface area (Å²) in [5.41, 5.74) is 2.16. The quantitative estimate of drug-likeness (QED) is 0.686. The monoisotopic (exact) mass is 427 g/mol. The summed E-state index contributed by atoms with van der Waals surface area (Å²) in [5.74, 6) is 1.47. The Morgan fingerprint density at radius 1 is 1.30 bits per heavy atom. The fourth-order valence-corrected chi connectivity index (χ4v) is 6.32. The van der Waals surface area contributed by atoms with Crippen molar-refractivity contribution in [2.75, 3.05) is 30.4 Å². The smallest absolute Gasteiger partial charge is 0.162 e. The van der Waals surface area contributed by atoms with E-state index >= 15 is 0 Å². The highest BCUT2D eigenvalue weighted by molar-refractivity contribution is 7.92. The fourth-order valence-electron chi connectivity index (χ4n) is 4.46. The first kappa shape index (κ1) is 19.4. The first-order chi connectivity index (χ1) is 14.4. The number of morpholine rings is 1. The summed E-state index contributed by atoms with van der Waals surface area (Å²) in [5, 5.41) is 0.912. The molecule has 0 bridgehead atoms. The number of H-pyrrole nitrogens is 1. The molecule has 0 aromatic carbocycles. The average molecular weight is 428 g/mol. The number of hydrogen-bond acceptors (Lipinski definition) is 7. The molecule has 0 saturated carbocycles. The Morgan fingerprint density at radius 2 is 2.17 bits per heavy atom. The minimum atomic E-state index is -3.28. The maximum Gasteiger partial charge on any atom is 0.162 e. The lowest BCUT2D eigenvalue weighted by Crippen LogP contribution is -2.44. The van der Waals surface area contributed by atoms with Gasteiger partial charge in [-0.25, -0.2) is 23.4 Å². The molecule has 3 aromatic heterocycles. The van der Waals surface area contributed by atoms with Gasteiger partial charge >= 0.3 is 0 Å². The Labute approximate surface area is 175 Å². The summed E-state index contributed by atoms with van der Waals surface area (Å²) in [6.45, 7) is 5.82. The first-order valence-electron chi connectivity index (χ1n) is 10.3. The van der Waals surface area contributed by atoms with Gasteiger partial charge in [0.25, 0.3) is 0 Å². The van der Waals surface area contributed by atoms with Gasteiger partial charge in [-0.05, 0) is 38.8 Å². The Kier molecular flexibility index (Phi) is 4.55. The fraction of sp³-hybridized carbons (Fsp3) is 0.476. The number of nitrogens with one attached hydrogen (secondary N) is 1. The van der Waals surface area contributed by atoms with Gasteiger partial charge in [0.1, 0.15) is 16.2 Å². The maximum atomic E-state index is 12.9. The van der Waals surface area contributed by atoms with Gasteiger partial charge in [0, 0.05) is 36.0 Å². The molecule has 30 heavy (non-hydrogen) atoms. The van der Waals surface area contributed by atoms with Gasteiger partial charge in [-0.1, -0.05) is 0 Å². The van der Waals surface area contributed by atoms with Crippen LogP contribution in [0.2, 0.25) is 0 Å². The standard InChI is InChI=1S/C21H25N5O3S/c1-14-13-29-10-9-26(14)18-12-17(21(2)6-3-11-30(21,27)28)24-20(25-18)16-5-8-23-19-15(16)4-7-22-19/h4-5,7-8,12,14H,3,6,9-11,13H2,1-2H3,(H,22,23)/t14-,21+/m1/s1. The zero-order valence-corrected chi connectivity index (χ0v) is 17.9. The molecule has 0 aliphatic carbocycles. The van der Waals surface area contributed by atoms with Crippen LogP contribution in [-0.4, -0.2) is 59.9 Å². The summed E-state index contributed by atoms with van der Waals surface area (Å²) >= 11 is 0. The van der Waals surface area contributed by atoms with Crippen molar-refractivity contribution in [1.82, 2.24) is 19.9 Å². The molecule has 2 saturated heterocycles. The van der Waals surface area contributed by atoms with Crippen LogP contribution in [0.15, 0.2) is 30.6 Å². The Balaban J connectivity index is 1.73. The topological polar surface area (TPSA) is 101 Å². The van der Waals surface area contributed by atoms with Crippen molar-refractivity contribution in [1.29, 1.82) is 0 Å². The number of fused-ring (bicyclic) bond motifs is 1. The number of nitrogens with zero attached hydrogens (tertiary/aromatic N) is 4. The summed E-state index contributed by atoms with van der Waals surface area (Å²) in [6, 6.07) is 5.84. The van der Waals surface area contributed by atoms with E-state index in [0.717, 1.165) is 22.4 Å². The first-order valence-corrected chi connectivity index (χ1v) is 11.9. The number of ether oxygens (including phenoxy) is 1. The Hall–Kier alpha value is -2.52. The van der Waals surface area contributed by atoms with Crippen LogP contribution < -0.4 is 4.90 Å². The zero-order chi connectivity index (χ0) is 20.9. The van der Waals surface area contributed by atoms with Crippen LogP contribution in [0, 0.1) is 0 Å². The molecule has 158 valence electrons. The molecular formula is C21H25N5O3S. The van der Waals surface area contributed by atoms with Crippen LogP contribution in [0.3, 0.4) is 0 Å². The SMILES string of the molecule is C[C@@H]1COCCN1c1cc([C@]2(C)CCCS2(=O)=O)nc(-c2ccnc3[nH]ccc23)n1.